The molecule has 0 saturated heterocycles. The molecule has 0 unspecified atom stereocenters. The van der Waals surface area contributed by atoms with E-state index in [1.165, 1.54) is 12.1 Å². The minimum absolute atomic E-state index is 0.165. The van der Waals surface area contributed by atoms with Crippen molar-refractivity contribution >= 4 is 23.3 Å². The second-order valence-corrected chi connectivity index (χ2v) is 3.84. The quantitative estimate of drug-likeness (QED) is 0.876. The predicted molar refractivity (Wildman–Crippen MR) is 64.4 cm³/mol. The van der Waals surface area contributed by atoms with Gasteiger partial charge in [-0.25, -0.2) is 4.79 Å². The Morgan fingerprint density at radius 2 is 2.24 bits per heavy atom. The molecular weight excluding hydrogens is 242 g/mol. The normalized spacial score (nSPS) is 10.2. The maximum Gasteiger partial charge on any atom is 0.335 e. The Bertz CT molecular complexity index is 523. The van der Waals surface area contributed by atoms with Crippen LogP contribution in [0.3, 0.4) is 0 Å². The van der Waals surface area contributed by atoms with Crippen molar-refractivity contribution in [3.63, 3.8) is 0 Å². The molecule has 0 atom stereocenters. The monoisotopic (exact) mass is 251 g/mol. The van der Waals surface area contributed by atoms with Crippen molar-refractivity contribution in [2.24, 2.45) is 0 Å². The molecule has 2 N–H and O–H groups in total. The van der Waals surface area contributed by atoms with Crippen LogP contribution in [0.5, 0.6) is 0 Å². The molecule has 88 valence electrons. The number of carbonyl (C=O) groups is 1. The Morgan fingerprint density at radius 3 is 2.82 bits per heavy atom. The lowest BCUT2D eigenvalue weighted by Crippen LogP contribution is -2.01. The van der Waals surface area contributed by atoms with Crippen LogP contribution in [-0.4, -0.2) is 11.1 Å². The summed E-state index contributed by atoms with van der Waals surface area (Å²) in [5, 5.41) is 12.2. The van der Waals surface area contributed by atoms with Crippen LogP contribution >= 0.6 is 11.6 Å². The molecule has 17 heavy (non-hydrogen) atoms. The summed E-state index contributed by atoms with van der Waals surface area (Å²) in [6.45, 7) is 0.499. The van der Waals surface area contributed by atoms with Gasteiger partial charge in [-0.1, -0.05) is 11.6 Å². The maximum atomic E-state index is 10.7. The molecule has 0 saturated carbocycles. The predicted octanol–water partition coefficient (Wildman–Crippen LogP) is 3.24. The first-order valence-electron chi connectivity index (χ1n) is 4.96. The van der Waals surface area contributed by atoms with Crippen LogP contribution < -0.4 is 5.32 Å². The summed E-state index contributed by atoms with van der Waals surface area (Å²) in [6.07, 6.45) is 1.59. The maximum absolute atomic E-state index is 10.7. The van der Waals surface area contributed by atoms with Gasteiger partial charge in [-0.2, -0.15) is 0 Å². The summed E-state index contributed by atoms with van der Waals surface area (Å²) < 4.78 is 5.16. The number of anilines is 1. The van der Waals surface area contributed by atoms with E-state index in [0.29, 0.717) is 17.3 Å². The third-order valence-corrected chi connectivity index (χ3v) is 2.56. The molecule has 1 aromatic heterocycles. The molecule has 2 aromatic rings. The number of rotatable bonds is 4. The number of hydrogen-bond donors (Lipinski definition) is 2. The van der Waals surface area contributed by atoms with Gasteiger partial charge in [0.15, 0.2) is 0 Å². The number of carboxylic acids is 1. The molecule has 1 aromatic carbocycles. The van der Waals surface area contributed by atoms with Gasteiger partial charge >= 0.3 is 5.97 Å². The van der Waals surface area contributed by atoms with Crippen molar-refractivity contribution in [2.75, 3.05) is 5.32 Å². The first kappa shape index (κ1) is 11.5. The molecular formula is C12H10ClNO3. The summed E-state index contributed by atoms with van der Waals surface area (Å²) in [4.78, 5) is 10.7. The molecule has 0 bridgehead atoms. The van der Waals surface area contributed by atoms with Crippen molar-refractivity contribution in [2.45, 2.75) is 6.54 Å². The number of furan rings is 1. The van der Waals surface area contributed by atoms with Crippen LogP contribution in [0.25, 0.3) is 0 Å². The molecule has 0 fully saturated rings. The van der Waals surface area contributed by atoms with Gasteiger partial charge in [0.2, 0.25) is 0 Å². The highest BCUT2D eigenvalue weighted by Crippen LogP contribution is 2.23. The number of hydrogen-bond acceptors (Lipinski definition) is 3. The zero-order valence-electron chi connectivity index (χ0n) is 8.81. The lowest BCUT2D eigenvalue weighted by Gasteiger charge is -2.07. The molecule has 1 heterocycles. The topological polar surface area (TPSA) is 62.5 Å². The number of benzene rings is 1. The van der Waals surface area contributed by atoms with Crippen molar-refractivity contribution in [3.05, 3.63) is 52.9 Å². The Hall–Kier alpha value is -1.94. The number of nitrogens with one attached hydrogen (secondary N) is 1. The Kier molecular flexibility index (Phi) is 3.35. The van der Waals surface area contributed by atoms with Gasteiger partial charge in [-0.05, 0) is 30.3 Å². The summed E-state index contributed by atoms with van der Waals surface area (Å²) in [7, 11) is 0. The second kappa shape index (κ2) is 4.93. The Labute approximate surface area is 103 Å². The van der Waals surface area contributed by atoms with Crippen LogP contribution in [-0.2, 0) is 6.54 Å². The van der Waals surface area contributed by atoms with Gasteiger partial charge in [-0.15, -0.1) is 0 Å². The molecule has 0 aliphatic rings. The van der Waals surface area contributed by atoms with Crippen LogP contribution in [0.15, 0.2) is 41.0 Å². The molecule has 0 spiro atoms. The number of aromatic carboxylic acids is 1. The molecule has 2 rings (SSSR count). The van der Waals surface area contributed by atoms with Crippen molar-refractivity contribution in [1.82, 2.24) is 0 Å². The Morgan fingerprint density at radius 1 is 1.41 bits per heavy atom. The minimum atomic E-state index is -0.996. The smallest absolute Gasteiger partial charge is 0.335 e. The first-order chi connectivity index (χ1) is 8.16. The summed E-state index contributed by atoms with van der Waals surface area (Å²) in [5.41, 5.74) is 0.839. The largest absolute Gasteiger partial charge is 0.478 e. The third kappa shape index (κ3) is 2.79. The minimum Gasteiger partial charge on any atom is -0.478 e. The van der Waals surface area contributed by atoms with Crippen LogP contribution in [0.2, 0.25) is 5.02 Å². The zero-order chi connectivity index (χ0) is 12.3. The van der Waals surface area contributed by atoms with Gasteiger partial charge in [0.25, 0.3) is 0 Å². The van der Waals surface area contributed by atoms with E-state index < -0.39 is 5.97 Å². The van der Waals surface area contributed by atoms with Crippen LogP contribution in [0.4, 0.5) is 5.69 Å². The summed E-state index contributed by atoms with van der Waals surface area (Å²) in [5.74, 6) is -0.215. The first-order valence-corrected chi connectivity index (χ1v) is 5.33. The van der Waals surface area contributed by atoms with Gasteiger partial charge in [0, 0.05) is 0 Å². The average Bonchev–Trinajstić information content (AvgIpc) is 2.80. The van der Waals surface area contributed by atoms with Crippen molar-refractivity contribution in [3.8, 4) is 0 Å². The standard InChI is InChI=1S/C12H10ClNO3/c13-10-6-8(12(15)16)3-4-11(10)14-7-9-2-1-5-17-9/h1-6,14H,7H2,(H,15,16). The highest BCUT2D eigenvalue weighted by molar-refractivity contribution is 6.33. The molecule has 0 aliphatic carbocycles. The van der Waals surface area contributed by atoms with E-state index in [4.69, 9.17) is 21.1 Å². The van der Waals surface area contributed by atoms with Gasteiger partial charge in [-0.3, -0.25) is 0 Å². The third-order valence-electron chi connectivity index (χ3n) is 2.25. The lowest BCUT2D eigenvalue weighted by molar-refractivity contribution is 0.0697. The zero-order valence-corrected chi connectivity index (χ0v) is 9.57. The molecule has 0 radical (unpaired) electrons. The van der Waals surface area contributed by atoms with E-state index in [1.54, 1.807) is 18.4 Å². The van der Waals surface area contributed by atoms with Gasteiger partial charge < -0.3 is 14.8 Å². The number of carboxylic acid groups (broad SMARTS) is 1. The molecule has 0 aliphatic heterocycles. The van der Waals surface area contributed by atoms with E-state index in [1.807, 2.05) is 6.07 Å². The fourth-order valence-electron chi connectivity index (χ4n) is 1.39. The number of halogens is 1. The van der Waals surface area contributed by atoms with Crippen LogP contribution in [0, 0.1) is 0 Å². The van der Waals surface area contributed by atoms with E-state index in [0.717, 1.165) is 5.76 Å². The fourth-order valence-corrected chi connectivity index (χ4v) is 1.63. The lowest BCUT2D eigenvalue weighted by atomic mass is 10.2. The Balaban J connectivity index is 2.09. The molecule has 0 amide bonds. The van der Waals surface area contributed by atoms with E-state index in [9.17, 15) is 4.79 Å². The second-order valence-electron chi connectivity index (χ2n) is 3.43. The summed E-state index contributed by atoms with van der Waals surface area (Å²) >= 11 is 5.96. The summed E-state index contributed by atoms with van der Waals surface area (Å²) in [6, 6.07) is 8.18. The average molecular weight is 252 g/mol. The van der Waals surface area contributed by atoms with E-state index >= 15 is 0 Å². The van der Waals surface area contributed by atoms with Crippen molar-refractivity contribution < 1.29 is 14.3 Å². The highest BCUT2D eigenvalue weighted by Gasteiger charge is 2.07. The highest BCUT2D eigenvalue weighted by atomic mass is 35.5. The fraction of sp³-hybridized carbons (Fsp3) is 0.0833. The molecule has 5 heteroatoms. The van der Waals surface area contributed by atoms with Gasteiger partial charge in [0.1, 0.15) is 5.76 Å². The van der Waals surface area contributed by atoms with E-state index in [2.05, 4.69) is 5.32 Å². The van der Waals surface area contributed by atoms with Gasteiger partial charge in [0.05, 0.1) is 29.1 Å². The molecule has 4 nitrogen and oxygen atoms in total. The van der Waals surface area contributed by atoms with E-state index in [-0.39, 0.29) is 5.56 Å². The van der Waals surface area contributed by atoms with Crippen LogP contribution in [0.1, 0.15) is 16.1 Å². The SMILES string of the molecule is O=C(O)c1ccc(NCc2ccco2)c(Cl)c1. The van der Waals surface area contributed by atoms with Crippen molar-refractivity contribution in [1.29, 1.82) is 0 Å².